The number of ether oxygens (including phenoxy) is 1. The first-order valence-electron chi connectivity index (χ1n) is 8.46. The number of carbonyl (C=O) groups excluding carboxylic acids is 1. The van der Waals surface area contributed by atoms with E-state index in [-0.39, 0.29) is 17.6 Å². The number of piperidine rings is 1. The van der Waals surface area contributed by atoms with Crippen LogP contribution in [0.4, 0.5) is 0 Å². The summed E-state index contributed by atoms with van der Waals surface area (Å²) in [5.41, 5.74) is 0.661. The highest BCUT2D eigenvalue weighted by molar-refractivity contribution is 7.89. The summed E-state index contributed by atoms with van der Waals surface area (Å²) in [4.78, 5) is 14.4. The molecule has 2 fully saturated rings. The lowest BCUT2D eigenvalue weighted by atomic mass is 9.99. The molecule has 1 aromatic carbocycles. The second-order valence-corrected chi connectivity index (χ2v) is 8.43. The van der Waals surface area contributed by atoms with Crippen LogP contribution in [0.2, 0.25) is 0 Å². The fraction of sp³-hybridized carbons (Fsp3) is 0.588. The van der Waals surface area contributed by atoms with Gasteiger partial charge in [0.05, 0.1) is 19.0 Å². The second kappa shape index (κ2) is 7.63. The largest absolute Gasteiger partial charge is 0.379 e. The molecule has 24 heavy (non-hydrogen) atoms. The van der Waals surface area contributed by atoms with E-state index >= 15 is 0 Å². The number of amides is 1. The minimum atomic E-state index is -3.28. The van der Waals surface area contributed by atoms with Crippen molar-refractivity contribution in [1.82, 2.24) is 9.21 Å². The molecule has 2 aliphatic rings. The van der Waals surface area contributed by atoms with Gasteiger partial charge in [-0.05, 0) is 30.9 Å². The molecule has 6 nitrogen and oxygen atoms in total. The molecule has 3 rings (SSSR count). The van der Waals surface area contributed by atoms with Gasteiger partial charge in [-0.25, -0.2) is 8.42 Å². The summed E-state index contributed by atoms with van der Waals surface area (Å²) < 4.78 is 31.9. The number of nitrogens with zero attached hydrogens (tertiary/aromatic N) is 2. The number of sulfonamides is 1. The Bertz CT molecular complexity index is 656. The molecule has 1 atom stereocenters. The number of hydrogen-bond donors (Lipinski definition) is 0. The Kier molecular flexibility index (Phi) is 5.53. The summed E-state index contributed by atoms with van der Waals surface area (Å²) in [5, 5.41) is 0. The van der Waals surface area contributed by atoms with Crippen LogP contribution in [0, 0.1) is 5.92 Å². The highest BCUT2D eigenvalue weighted by atomic mass is 32.2. The van der Waals surface area contributed by atoms with Crippen molar-refractivity contribution in [2.75, 3.05) is 45.1 Å². The zero-order valence-corrected chi connectivity index (χ0v) is 14.6. The summed E-state index contributed by atoms with van der Waals surface area (Å²) in [6.45, 7) is 2.99. The predicted molar refractivity (Wildman–Crippen MR) is 91.2 cm³/mol. The third-order valence-electron chi connectivity index (χ3n) is 4.64. The van der Waals surface area contributed by atoms with E-state index in [2.05, 4.69) is 0 Å². The lowest BCUT2D eigenvalue weighted by Crippen LogP contribution is -2.46. The van der Waals surface area contributed by atoms with Crippen LogP contribution >= 0.6 is 0 Å². The maximum Gasteiger partial charge on any atom is 0.253 e. The average molecular weight is 352 g/mol. The van der Waals surface area contributed by atoms with Gasteiger partial charge in [0.25, 0.3) is 5.91 Å². The van der Waals surface area contributed by atoms with Gasteiger partial charge in [0.15, 0.2) is 0 Å². The van der Waals surface area contributed by atoms with E-state index in [0.717, 1.165) is 12.8 Å². The lowest BCUT2D eigenvalue weighted by molar-refractivity contribution is 0.0674. The second-order valence-electron chi connectivity index (χ2n) is 6.42. The van der Waals surface area contributed by atoms with Gasteiger partial charge in [-0.2, -0.15) is 4.31 Å². The highest BCUT2D eigenvalue weighted by Crippen LogP contribution is 2.21. The van der Waals surface area contributed by atoms with Crippen molar-refractivity contribution in [2.45, 2.75) is 12.8 Å². The van der Waals surface area contributed by atoms with Crippen molar-refractivity contribution < 1.29 is 17.9 Å². The molecule has 1 aromatic rings. The van der Waals surface area contributed by atoms with Crippen LogP contribution in [0.25, 0.3) is 0 Å². The standard InChI is InChI=1S/C17H24N2O4S/c20-17(16-6-2-1-3-7-16)18-8-4-5-15(13-18)14-24(21,22)19-9-11-23-12-10-19/h1-3,6-7,15H,4-5,8-14H2. The van der Waals surface area contributed by atoms with Crippen LogP contribution in [0.15, 0.2) is 30.3 Å². The van der Waals surface area contributed by atoms with Gasteiger partial charge < -0.3 is 9.64 Å². The minimum absolute atomic E-state index is 0.000688. The molecule has 0 bridgehead atoms. The molecule has 0 radical (unpaired) electrons. The molecule has 0 saturated carbocycles. The Balaban J connectivity index is 1.62. The molecule has 2 saturated heterocycles. The van der Waals surface area contributed by atoms with Crippen LogP contribution in [0.3, 0.4) is 0 Å². The zero-order chi connectivity index (χ0) is 17.0. The summed E-state index contributed by atoms with van der Waals surface area (Å²) >= 11 is 0. The normalized spacial score (nSPS) is 23.2. The summed E-state index contributed by atoms with van der Waals surface area (Å²) in [6.07, 6.45) is 1.70. The van der Waals surface area contributed by atoms with E-state index in [1.165, 1.54) is 4.31 Å². The summed E-state index contributed by atoms with van der Waals surface area (Å²) in [6, 6.07) is 9.17. The molecule has 0 spiro atoms. The smallest absolute Gasteiger partial charge is 0.253 e. The van der Waals surface area contributed by atoms with Crippen LogP contribution in [-0.2, 0) is 14.8 Å². The van der Waals surface area contributed by atoms with E-state index in [1.54, 1.807) is 17.0 Å². The first-order valence-corrected chi connectivity index (χ1v) is 10.1. The van der Waals surface area contributed by atoms with Gasteiger partial charge in [0.2, 0.25) is 10.0 Å². The van der Waals surface area contributed by atoms with E-state index in [0.29, 0.717) is 45.0 Å². The Labute approximate surface area is 143 Å². The van der Waals surface area contributed by atoms with Crippen LogP contribution in [0.5, 0.6) is 0 Å². The molecule has 2 aliphatic heterocycles. The molecule has 0 aliphatic carbocycles. The molecule has 132 valence electrons. The van der Waals surface area contributed by atoms with E-state index in [1.807, 2.05) is 18.2 Å². The van der Waals surface area contributed by atoms with Gasteiger partial charge in [-0.3, -0.25) is 4.79 Å². The van der Waals surface area contributed by atoms with Crippen molar-refractivity contribution in [3.8, 4) is 0 Å². The van der Waals surface area contributed by atoms with Crippen molar-refractivity contribution >= 4 is 15.9 Å². The van der Waals surface area contributed by atoms with Crippen molar-refractivity contribution in [3.05, 3.63) is 35.9 Å². The quantitative estimate of drug-likeness (QED) is 0.817. The van der Waals surface area contributed by atoms with E-state index < -0.39 is 10.0 Å². The molecule has 7 heteroatoms. The van der Waals surface area contributed by atoms with Crippen LogP contribution in [-0.4, -0.2) is 68.7 Å². The number of morpholine rings is 1. The third-order valence-corrected chi connectivity index (χ3v) is 6.68. The number of carbonyl (C=O) groups is 1. The molecule has 1 amide bonds. The molecular weight excluding hydrogens is 328 g/mol. The summed E-state index contributed by atoms with van der Waals surface area (Å²) in [5.74, 6) is 0.106. The van der Waals surface area contributed by atoms with Crippen LogP contribution in [0.1, 0.15) is 23.2 Å². The van der Waals surface area contributed by atoms with Crippen LogP contribution < -0.4 is 0 Å². The van der Waals surface area contributed by atoms with Crippen molar-refractivity contribution in [3.63, 3.8) is 0 Å². The zero-order valence-electron chi connectivity index (χ0n) is 13.8. The summed E-state index contributed by atoms with van der Waals surface area (Å²) in [7, 11) is -3.28. The Morgan fingerprint density at radius 3 is 2.54 bits per heavy atom. The Morgan fingerprint density at radius 1 is 1.12 bits per heavy atom. The fourth-order valence-corrected chi connectivity index (χ4v) is 5.16. The van der Waals surface area contributed by atoms with E-state index in [9.17, 15) is 13.2 Å². The molecule has 0 aromatic heterocycles. The van der Waals surface area contributed by atoms with Gasteiger partial charge >= 0.3 is 0 Å². The molecular formula is C17H24N2O4S. The topological polar surface area (TPSA) is 66.9 Å². The third kappa shape index (κ3) is 4.15. The molecule has 1 unspecified atom stereocenters. The van der Waals surface area contributed by atoms with Gasteiger partial charge in [0, 0.05) is 31.7 Å². The number of hydrogen-bond acceptors (Lipinski definition) is 4. The predicted octanol–water partition coefficient (Wildman–Crippen LogP) is 1.20. The van der Waals surface area contributed by atoms with Gasteiger partial charge in [-0.15, -0.1) is 0 Å². The van der Waals surface area contributed by atoms with Crippen molar-refractivity contribution in [2.24, 2.45) is 5.92 Å². The van der Waals surface area contributed by atoms with Crippen molar-refractivity contribution in [1.29, 1.82) is 0 Å². The highest BCUT2D eigenvalue weighted by Gasteiger charge is 2.31. The monoisotopic (exact) mass is 352 g/mol. The van der Waals surface area contributed by atoms with Gasteiger partial charge in [-0.1, -0.05) is 18.2 Å². The van der Waals surface area contributed by atoms with Gasteiger partial charge in [0.1, 0.15) is 0 Å². The minimum Gasteiger partial charge on any atom is -0.379 e. The Hall–Kier alpha value is -1.44. The SMILES string of the molecule is O=C(c1ccccc1)N1CCCC(CS(=O)(=O)N2CCOCC2)C1. The lowest BCUT2D eigenvalue weighted by Gasteiger charge is -2.34. The molecule has 2 heterocycles. The number of rotatable bonds is 4. The average Bonchev–Trinajstić information content (AvgIpc) is 2.62. The first-order chi connectivity index (χ1) is 11.6. The maximum atomic E-state index is 12.6. The number of benzene rings is 1. The molecule has 0 N–H and O–H groups in total. The van der Waals surface area contributed by atoms with E-state index in [4.69, 9.17) is 4.74 Å². The first kappa shape index (κ1) is 17.4. The fourth-order valence-electron chi connectivity index (χ4n) is 3.38. The Morgan fingerprint density at radius 2 is 1.83 bits per heavy atom. The number of likely N-dealkylation sites (tertiary alicyclic amines) is 1. The maximum absolute atomic E-state index is 12.6.